The number of nitrogens with zero attached hydrogens (tertiary/aromatic N) is 2. The average Bonchev–Trinajstić information content (AvgIpc) is 3.04. The van der Waals surface area contributed by atoms with E-state index in [0.717, 1.165) is 13.1 Å². The molecular formula is C15H20FN3O. The van der Waals surface area contributed by atoms with Crippen molar-refractivity contribution in [2.75, 3.05) is 31.5 Å². The fourth-order valence-electron chi connectivity index (χ4n) is 2.71. The quantitative estimate of drug-likeness (QED) is 0.911. The second-order valence-corrected chi connectivity index (χ2v) is 5.62. The van der Waals surface area contributed by atoms with E-state index >= 15 is 0 Å². The molecule has 0 saturated carbocycles. The minimum Gasteiger partial charge on any atom is -0.424 e. The van der Waals surface area contributed by atoms with Crippen molar-refractivity contribution in [1.29, 1.82) is 0 Å². The van der Waals surface area contributed by atoms with Crippen molar-refractivity contribution in [3.05, 3.63) is 24.0 Å². The van der Waals surface area contributed by atoms with Gasteiger partial charge in [0.05, 0.1) is 0 Å². The van der Waals surface area contributed by atoms with Crippen molar-refractivity contribution in [3.8, 4) is 0 Å². The van der Waals surface area contributed by atoms with E-state index in [2.05, 4.69) is 22.1 Å². The Bertz CT molecular complexity index is 578. The molecule has 1 unspecified atom stereocenters. The van der Waals surface area contributed by atoms with Crippen molar-refractivity contribution in [2.24, 2.45) is 5.92 Å². The van der Waals surface area contributed by atoms with Gasteiger partial charge in [0.25, 0.3) is 6.01 Å². The number of fused-ring (bicyclic) bond motifs is 1. The first-order valence-electron chi connectivity index (χ1n) is 7.23. The number of likely N-dealkylation sites (tertiary alicyclic amines) is 1. The summed E-state index contributed by atoms with van der Waals surface area (Å²) in [6, 6.07) is 4.85. The molecule has 1 atom stereocenters. The topological polar surface area (TPSA) is 41.3 Å². The van der Waals surface area contributed by atoms with Crippen molar-refractivity contribution in [1.82, 2.24) is 9.88 Å². The van der Waals surface area contributed by atoms with E-state index in [1.54, 1.807) is 6.07 Å². The van der Waals surface area contributed by atoms with Crippen LogP contribution in [0.15, 0.2) is 22.6 Å². The van der Waals surface area contributed by atoms with Crippen LogP contribution in [0.4, 0.5) is 10.4 Å². The van der Waals surface area contributed by atoms with Gasteiger partial charge in [0.15, 0.2) is 5.58 Å². The van der Waals surface area contributed by atoms with Crippen LogP contribution in [0.5, 0.6) is 0 Å². The first-order valence-corrected chi connectivity index (χ1v) is 7.23. The first-order chi connectivity index (χ1) is 9.70. The van der Waals surface area contributed by atoms with Crippen LogP contribution in [0.2, 0.25) is 0 Å². The zero-order chi connectivity index (χ0) is 13.9. The molecule has 108 valence electrons. The number of anilines is 1. The second kappa shape index (κ2) is 5.79. The smallest absolute Gasteiger partial charge is 0.295 e. The van der Waals surface area contributed by atoms with Gasteiger partial charge < -0.3 is 14.6 Å². The summed E-state index contributed by atoms with van der Waals surface area (Å²) in [6.45, 7) is 6.56. The third-order valence-corrected chi connectivity index (χ3v) is 3.72. The van der Waals surface area contributed by atoms with Gasteiger partial charge in [-0.3, -0.25) is 0 Å². The molecule has 0 amide bonds. The SMILES string of the molecule is CC(CNc1nc2cc(F)ccc2o1)CN1CCCC1. The summed E-state index contributed by atoms with van der Waals surface area (Å²) in [7, 11) is 0. The van der Waals surface area contributed by atoms with Gasteiger partial charge in [0.1, 0.15) is 11.3 Å². The van der Waals surface area contributed by atoms with Crippen LogP contribution in [0.1, 0.15) is 19.8 Å². The van der Waals surface area contributed by atoms with E-state index in [1.807, 2.05) is 0 Å². The van der Waals surface area contributed by atoms with E-state index in [-0.39, 0.29) is 5.82 Å². The first kappa shape index (κ1) is 13.4. The molecule has 1 aromatic heterocycles. The second-order valence-electron chi connectivity index (χ2n) is 5.62. The van der Waals surface area contributed by atoms with E-state index in [1.165, 1.54) is 38.1 Å². The lowest BCUT2D eigenvalue weighted by Crippen LogP contribution is -2.28. The number of nitrogens with one attached hydrogen (secondary N) is 1. The molecule has 1 aliphatic heterocycles. The third kappa shape index (κ3) is 3.10. The maximum Gasteiger partial charge on any atom is 0.295 e. The highest BCUT2D eigenvalue weighted by atomic mass is 19.1. The van der Waals surface area contributed by atoms with Crippen molar-refractivity contribution < 1.29 is 8.81 Å². The number of oxazole rings is 1. The molecule has 2 aromatic rings. The molecular weight excluding hydrogens is 257 g/mol. The summed E-state index contributed by atoms with van der Waals surface area (Å²) in [6.07, 6.45) is 2.63. The van der Waals surface area contributed by atoms with Gasteiger partial charge in [0.2, 0.25) is 0 Å². The Morgan fingerprint density at radius 1 is 1.40 bits per heavy atom. The Morgan fingerprint density at radius 2 is 2.20 bits per heavy atom. The molecule has 1 N–H and O–H groups in total. The molecule has 1 aliphatic rings. The predicted molar refractivity (Wildman–Crippen MR) is 77.3 cm³/mol. The van der Waals surface area contributed by atoms with E-state index in [0.29, 0.717) is 23.0 Å². The van der Waals surface area contributed by atoms with Crippen LogP contribution in [0.25, 0.3) is 11.1 Å². The monoisotopic (exact) mass is 277 g/mol. The third-order valence-electron chi connectivity index (χ3n) is 3.72. The lowest BCUT2D eigenvalue weighted by atomic mass is 10.1. The average molecular weight is 277 g/mol. The Morgan fingerprint density at radius 3 is 3.00 bits per heavy atom. The molecule has 1 fully saturated rings. The van der Waals surface area contributed by atoms with E-state index in [4.69, 9.17) is 4.42 Å². The molecule has 1 aromatic carbocycles. The fraction of sp³-hybridized carbons (Fsp3) is 0.533. The molecule has 0 bridgehead atoms. The summed E-state index contributed by atoms with van der Waals surface area (Å²) in [5.74, 6) is 0.236. The Hall–Kier alpha value is -1.62. The van der Waals surface area contributed by atoms with Crippen molar-refractivity contribution >= 4 is 17.1 Å². The molecule has 0 aliphatic carbocycles. The lowest BCUT2D eigenvalue weighted by Gasteiger charge is -2.19. The molecule has 3 rings (SSSR count). The Kier molecular flexibility index (Phi) is 3.87. The molecule has 0 spiro atoms. The van der Waals surface area contributed by atoms with Crippen molar-refractivity contribution in [3.63, 3.8) is 0 Å². The summed E-state index contributed by atoms with van der Waals surface area (Å²) in [5, 5.41) is 3.20. The highest BCUT2D eigenvalue weighted by Gasteiger charge is 2.15. The number of hydrogen-bond donors (Lipinski definition) is 1. The fourth-order valence-corrected chi connectivity index (χ4v) is 2.71. The standard InChI is InChI=1S/C15H20FN3O/c1-11(10-19-6-2-3-7-19)9-17-15-18-13-8-12(16)4-5-14(13)20-15/h4-5,8,11H,2-3,6-7,9-10H2,1H3,(H,17,18). The zero-order valence-electron chi connectivity index (χ0n) is 11.7. The number of hydrogen-bond acceptors (Lipinski definition) is 4. The van der Waals surface area contributed by atoms with Crippen molar-refractivity contribution in [2.45, 2.75) is 19.8 Å². The number of halogens is 1. The molecule has 20 heavy (non-hydrogen) atoms. The van der Waals surface area contributed by atoms with E-state index < -0.39 is 0 Å². The molecule has 0 radical (unpaired) electrons. The number of aromatic nitrogens is 1. The highest BCUT2D eigenvalue weighted by Crippen LogP contribution is 2.20. The molecule has 2 heterocycles. The van der Waals surface area contributed by atoms with Gasteiger partial charge in [-0.1, -0.05) is 6.92 Å². The minimum atomic E-state index is -0.292. The van der Waals surface area contributed by atoms with Gasteiger partial charge in [-0.2, -0.15) is 4.98 Å². The summed E-state index contributed by atoms with van der Waals surface area (Å²) < 4.78 is 18.6. The van der Waals surface area contributed by atoms with Crippen LogP contribution in [-0.4, -0.2) is 36.1 Å². The Balaban J connectivity index is 1.56. The molecule has 5 heteroatoms. The van der Waals surface area contributed by atoms with Gasteiger partial charge in [0, 0.05) is 19.2 Å². The van der Waals surface area contributed by atoms with E-state index in [9.17, 15) is 4.39 Å². The number of rotatable bonds is 5. The van der Waals surface area contributed by atoms with Crippen LogP contribution in [-0.2, 0) is 0 Å². The summed E-state index contributed by atoms with van der Waals surface area (Å²) in [5.41, 5.74) is 1.17. The maximum absolute atomic E-state index is 13.1. The maximum atomic E-state index is 13.1. The molecule has 1 saturated heterocycles. The zero-order valence-corrected chi connectivity index (χ0v) is 11.7. The predicted octanol–water partition coefficient (Wildman–Crippen LogP) is 3.11. The van der Waals surface area contributed by atoms with Gasteiger partial charge in [-0.25, -0.2) is 4.39 Å². The largest absolute Gasteiger partial charge is 0.424 e. The summed E-state index contributed by atoms with van der Waals surface area (Å²) >= 11 is 0. The Labute approximate surface area is 118 Å². The van der Waals surface area contributed by atoms with Gasteiger partial charge in [-0.05, 0) is 44.0 Å². The van der Waals surface area contributed by atoms with Gasteiger partial charge >= 0.3 is 0 Å². The van der Waals surface area contributed by atoms with Crippen LogP contribution < -0.4 is 5.32 Å². The highest BCUT2D eigenvalue weighted by molar-refractivity contribution is 5.74. The van der Waals surface area contributed by atoms with Crippen LogP contribution in [0.3, 0.4) is 0 Å². The summed E-state index contributed by atoms with van der Waals surface area (Å²) in [4.78, 5) is 6.74. The number of benzene rings is 1. The van der Waals surface area contributed by atoms with Crippen LogP contribution >= 0.6 is 0 Å². The van der Waals surface area contributed by atoms with Crippen LogP contribution in [0, 0.1) is 11.7 Å². The minimum absolute atomic E-state index is 0.292. The van der Waals surface area contributed by atoms with Gasteiger partial charge in [-0.15, -0.1) is 0 Å². The lowest BCUT2D eigenvalue weighted by molar-refractivity contribution is 0.293. The normalized spacial score (nSPS) is 17.7. The molecule has 4 nitrogen and oxygen atoms in total.